The first-order chi connectivity index (χ1) is 7.84. The first-order valence-electron chi connectivity index (χ1n) is 5.05. The monoisotopic (exact) mass is 221 g/mol. The molecule has 1 aromatic carbocycles. The summed E-state index contributed by atoms with van der Waals surface area (Å²) in [6.07, 6.45) is 4.00. The van der Waals surface area contributed by atoms with Gasteiger partial charge in [0.2, 0.25) is 0 Å². The van der Waals surface area contributed by atoms with E-state index >= 15 is 0 Å². The molecule has 0 aliphatic rings. The second kappa shape index (κ2) is 5.25. The van der Waals surface area contributed by atoms with Crippen molar-refractivity contribution in [2.45, 2.75) is 13.0 Å². The van der Waals surface area contributed by atoms with Gasteiger partial charge in [0.05, 0.1) is 6.61 Å². The molecule has 0 saturated heterocycles. The Hall–Kier alpha value is -1.91. The quantitative estimate of drug-likeness (QED) is 0.724. The summed E-state index contributed by atoms with van der Waals surface area (Å²) in [4.78, 5) is 3.84. The highest BCUT2D eigenvalue weighted by atomic mass is 19.1. The Balaban J connectivity index is 1.70. The van der Waals surface area contributed by atoms with Gasteiger partial charge in [-0.3, -0.25) is 4.68 Å². The van der Waals surface area contributed by atoms with Crippen LogP contribution in [0.2, 0.25) is 0 Å². The summed E-state index contributed by atoms with van der Waals surface area (Å²) in [7, 11) is 0. The number of hydrogen-bond acceptors (Lipinski definition) is 3. The van der Waals surface area contributed by atoms with Crippen molar-refractivity contribution in [1.29, 1.82) is 0 Å². The Morgan fingerprint density at radius 3 is 2.75 bits per heavy atom. The Morgan fingerprint density at radius 1 is 1.25 bits per heavy atom. The number of rotatable bonds is 5. The average Bonchev–Trinajstić information content (AvgIpc) is 2.80. The molecular formula is C11H12FN3O. The molecule has 84 valence electrons. The fraction of sp³-hybridized carbons (Fsp3) is 0.273. The van der Waals surface area contributed by atoms with E-state index in [1.807, 2.05) is 0 Å². The highest BCUT2D eigenvalue weighted by Gasteiger charge is 1.95. The third-order valence-corrected chi connectivity index (χ3v) is 2.08. The molecule has 0 atom stereocenters. The van der Waals surface area contributed by atoms with Gasteiger partial charge in [0.1, 0.15) is 24.2 Å². The highest BCUT2D eigenvalue weighted by Crippen LogP contribution is 2.11. The van der Waals surface area contributed by atoms with Gasteiger partial charge in [0.25, 0.3) is 0 Å². The van der Waals surface area contributed by atoms with Gasteiger partial charge in [0, 0.05) is 13.0 Å². The van der Waals surface area contributed by atoms with Crippen molar-refractivity contribution in [3.05, 3.63) is 42.7 Å². The molecule has 0 amide bonds. The van der Waals surface area contributed by atoms with E-state index in [1.165, 1.54) is 18.5 Å². The lowest BCUT2D eigenvalue weighted by molar-refractivity contribution is 0.298. The van der Waals surface area contributed by atoms with Gasteiger partial charge in [-0.25, -0.2) is 9.37 Å². The van der Waals surface area contributed by atoms with Crippen molar-refractivity contribution in [1.82, 2.24) is 14.8 Å². The van der Waals surface area contributed by atoms with Crippen LogP contribution in [-0.4, -0.2) is 21.4 Å². The number of aryl methyl sites for hydroxylation is 1. The lowest BCUT2D eigenvalue weighted by Crippen LogP contribution is -2.04. The number of aromatic nitrogens is 3. The molecule has 0 N–H and O–H groups in total. The zero-order valence-corrected chi connectivity index (χ0v) is 8.71. The fourth-order valence-electron chi connectivity index (χ4n) is 1.30. The molecule has 1 aromatic heterocycles. The maximum atomic E-state index is 12.6. The molecule has 0 bridgehead atoms. The van der Waals surface area contributed by atoms with Crippen molar-refractivity contribution in [2.24, 2.45) is 0 Å². The van der Waals surface area contributed by atoms with Crippen LogP contribution in [0, 0.1) is 5.82 Å². The van der Waals surface area contributed by atoms with E-state index in [0.29, 0.717) is 12.4 Å². The zero-order chi connectivity index (χ0) is 11.2. The number of hydrogen-bond donors (Lipinski definition) is 0. The number of halogens is 1. The smallest absolute Gasteiger partial charge is 0.137 e. The summed E-state index contributed by atoms with van der Waals surface area (Å²) in [5, 5.41) is 3.97. The fourth-order valence-corrected chi connectivity index (χ4v) is 1.30. The molecule has 5 heteroatoms. The minimum atomic E-state index is -0.255. The van der Waals surface area contributed by atoms with E-state index in [4.69, 9.17) is 4.74 Å². The van der Waals surface area contributed by atoms with Gasteiger partial charge in [-0.1, -0.05) is 0 Å². The Labute approximate surface area is 92.7 Å². The second-order valence-electron chi connectivity index (χ2n) is 3.31. The van der Waals surface area contributed by atoms with Crippen LogP contribution in [-0.2, 0) is 6.54 Å². The van der Waals surface area contributed by atoms with E-state index < -0.39 is 0 Å². The van der Waals surface area contributed by atoms with E-state index in [1.54, 1.807) is 23.1 Å². The summed E-state index contributed by atoms with van der Waals surface area (Å²) in [6, 6.07) is 6.00. The molecular weight excluding hydrogens is 209 g/mol. The topological polar surface area (TPSA) is 39.9 Å². The van der Waals surface area contributed by atoms with Gasteiger partial charge in [0.15, 0.2) is 0 Å². The van der Waals surface area contributed by atoms with Crippen molar-refractivity contribution in [2.75, 3.05) is 6.61 Å². The average molecular weight is 221 g/mol. The third-order valence-electron chi connectivity index (χ3n) is 2.08. The summed E-state index contributed by atoms with van der Waals surface area (Å²) in [6.45, 7) is 1.34. The normalized spacial score (nSPS) is 10.3. The Kier molecular flexibility index (Phi) is 3.48. The predicted molar refractivity (Wildman–Crippen MR) is 56.5 cm³/mol. The van der Waals surface area contributed by atoms with Gasteiger partial charge >= 0.3 is 0 Å². The molecule has 0 radical (unpaired) electrons. The van der Waals surface area contributed by atoms with Gasteiger partial charge < -0.3 is 4.74 Å². The van der Waals surface area contributed by atoms with Crippen molar-refractivity contribution in [3.63, 3.8) is 0 Å². The first-order valence-corrected chi connectivity index (χ1v) is 5.05. The van der Waals surface area contributed by atoms with Crippen LogP contribution in [0.5, 0.6) is 5.75 Å². The lowest BCUT2D eigenvalue weighted by Gasteiger charge is -2.05. The number of ether oxygens (including phenoxy) is 1. The van der Waals surface area contributed by atoms with Crippen LogP contribution in [0.15, 0.2) is 36.9 Å². The standard InChI is InChI=1S/C11H12FN3O/c12-10-2-4-11(5-3-10)16-7-1-6-15-9-13-8-14-15/h2-5,8-9H,1,6-7H2. The molecule has 0 aliphatic heterocycles. The van der Waals surface area contributed by atoms with Gasteiger partial charge in [-0.2, -0.15) is 5.10 Å². The molecule has 1 heterocycles. The Morgan fingerprint density at radius 2 is 2.06 bits per heavy atom. The molecule has 0 spiro atoms. The van der Waals surface area contributed by atoms with E-state index in [-0.39, 0.29) is 5.82 Å². The van der Waals surface area contributed by atoms with Crippen molar-refractivity contribution < 1.29 is 9.13 Å². The summed E-state index contributed by atoms with van der Waals surface area (Å²) in [5.74, 6) is 0.426. The lowest BCUT2D eigenvalue weighted by atomic mass is 10.3. The molecule has 16 heavy (non-hydrogen) atoms. The zero-order valence-electron chi connectivity index (χ0n) is 8.71. The molecule has 0 unspecified atom stereocenters. The molecule has 4 nitrogen and oxygen atoms in total. The SMILES string of the molecule is Fc1ccc(OCCCn2cncn2)cc1. The van der Waals surface area contributed by atoms with Gasteiger partial charge in [-0.15, -0.1) is 0 Å². The van der Waals surface area contributed by atoms with Gasteiger partial charge in [-0.05, 0) is 24.3 Å². The summed E-state index contributed by atoms with van der Waals surface area (Å²) >= 11 is 0. The third kappa shape index (κ3) is 3.05. The number of benzene rings is 1. The molecule has 2 aromatic rings. The second-order valence-corrected chi connectivity index (χ2v) is 3.31. The first kappa shape index (κ1) is 10.6. The maximum Gasteiger partial charge on any atom is 0.137 e. The van der Waals surface area contributed by atoms with Crippen LogP contribution in [0.25, 0.3) is 0 Å². The van der Waals surface area contributed by atoms with E-state index in [2.05, 4.69) is 10.1 Å². The summed E-state index contributed by atoms with van der Waals surface area (Å²) in [5.41, 5.74) is 0. The molecule has 0 saturated carbocycles. The van der Waals surface area contributed by atoms with Crippen LogP contribution in [0.1, 0.15) is 6.42 Å². The van der Waals surface area contributed by atoms with Crippen LogP contribution in [0.4, 0.5) is 4.39 Å². The van der Waals surface area contributed by atoms with E-state index in [9.17, 15) is 4.39 Å². The summed E-state index contributed by atoms with van der Waals surface area (Å²) < 4.78 is 19.8. The molecule has 0 fully saturated rings. The van der Waals surface area contributed by atoms with Crippen LogP contribution in [0.3, 0.4) is 0 Å². The maximum absolute atomic E-state index is 12.6. The molecule has 0 aliphatic carbocycles. The minimum absolute atomic E-state index is 0.255. The van der Waals surface area contributed by atoms with Crippen LogP contribution < -0.4 is 4.74 Å². The predicted octanol–water partition coefficient (Wildman–Crippen LogP) is 1.89. The Bertz CT molecular complexity index is 413. The largest absolute Gasteiger partial charge is 0.494 e. The molecule has 2 rings (SSSR count). The van der Waals surface area contributed by atoms with Crippen molar-refractivity contribution in [3.8, 4) is 5.75 Å². The number of nitrogens with zero attached hydrogens (tertiary/aromatic N) is 3. The minimum Gasteiger partial charge on any atom is -0.494 e. The van der Waals surface area contributed by atoms with Crippen LogP contribution >= 0.6 is 0 Å². The van der Waals surface area contributed by atoms with E-state index in [0.717, 1.165) is 13.0 Å². The van der Waals surface area contributed by atoms with Crippen molar-refractivity contribution >= 4 is 0 Å². The highest BCUT2D eigenvalue weighted by molar-refractivity contribution is 5.21.